The number of nitrogens with zero attached hydrogens (tertiary/aromatic N) is 4. The Morgan fingerprint density at radius 2 is 2.00 bits per heavy atom. The Balaban J connectivity index is 1.68. The number of carbonyl (C=O) groups is 2. The number of anilines is 1. The van der Waals surface area contributed by atoms with Gasteiger partial charge in [-0.2, -0.15) is 0 Å². The average molecular weight is 439 g/mol. The summed E-state index contributed by atoms with van der Waals surface area (Å²) in [6, 6.07) is 7.53. The molecule has 2 aliphatic heterocycles. The molecule has 2 aliphatic rings. The van der Waals surface area contributed by atoms with Crippen molar-refractivity contribution in [2.24, 2.45) is 0 Å². The van der Waals surface area contributed by atoms with Crippen LogP contribution in [0.2, 0.25) is 0 Å². The molecule has 8 heteroatoms. The molecule has 0 radical (unpaired) electrons. The first kappa shape index (κ1) is 22.2. The van der Waals surface area contributed by atoms with Crippen LogP contribution in [0, 0.1) is 6.92 Å². The van der Waals surface area contributed by atoms with E-state index in [1.165, 1.54) is 0 Å². The number of fused-ring (bicyclic) bond motifs is 1. The zero-order valence-corrected chi connectivity index (χ0v) is 19.0. The second-order valence-corrected chi connectivity index (χ2v) is 8.25. The Bertz CT molecular complexity index is 1010. The van der Waals surface area contributed by atoms with Gasteiger partial charge in [0, 0.05) is 36.9 Å². The van der Waals surface area contributed by atoms with Gasteiger partial charge in [-0.3, -0.25) is 14.5 Å². The highest BCUT2D eigenvalue weighted by Gasteiger charge is 2.35. The van der Waals surface area contributed by atoms with Crippen LogP contribution < -0.4 is 9.64 Å². The van der Waals surface area contributed by atoms with Gasteiger partial charge in [-0.05, 0) is 32.3 Å². The third-order valence-electron chi connectivity index (χ3n) is 6.27. The predicted octanol–water partition coefficient (Wildman–Crippen LogP) is 2.97. The molecule has 1 aromatic heterocycles. The number of rotatable bonds is 7. The lowest BCUT2D eigenvalue weighted by Gasteiger charge is -2.31. The monoisotopic (exact) mass is 438 g/mol. The van der Waals surface area contributed by atoms with Gasteiger partial charge in [-0.1, -0.05) is 18.2 Å². The first-order valence-electron chi connectivity index (χ1n) is 11.1. The minimum atomic E-state index is -0.173. The SMILES string of the molecule is COCCC(=O)N1CCCC1c1nc(C)c2c(n1)N(Cc1ccccc1OC)C(=O)CC2. The molecule has 0 bridgehead atoms. The van der Waals surface area contributed by atoms with E-state index in [0.29, 0.717) is 50.6 Å². The molecule has 170 valence electrons. The van der Waals surface area contributed by atoms with Crippen LogP contribution >= 0.6 is 0 Å². The second kappa shape index (κ2) is 9.65. The minimum absolute atomic E-state index is 0.0342. The number of likely N-dealkylation sites (tertiary alicyclic amines) is 1. The standard InChI is InChI=1S/C24H30N4O4/c1-16-18-10-11-21(29)28(15-17-7-4-5-9-20(17)32-3)24(18)26-23(25-16)19-8-6-13-27(19)22(30)12-14-31-2/h4-5,7,9,19H,6,8,10-15H2,1-3H3. The summed E-state index contributed by atoms with van der Waals surface area (Å²) in [7, 11) is 3.22. The van der Waals surface area contributed by atoms with Crippen molar-refractivity contribution in [1.29, 1.82) is 0 Å². The van der Waals surface area contributed by atoms with Crippen molar-refractivity contribution in [2.75, 3.05) is 32.3 Å². The summed E-state index contributed by atoms with van der Waals surface area (Å²) in [6.45, 7) is 3.43. The summed E-state index contributed by atoms with van der Waals surface area (Å²) in [5.41, 5.74) is 2.79. The van der Waals surface area contributed by atoms with Crippen LogP contribution in [0.5, 0.6) is 5.75 Å². The van der Waals surface area contributed by atoms with Crippen LogP contribution in [-0.4, -0.2) is 54.1 Å². The molecule has 0 saturated carbocycles. The van der Waals surface area contributed by atoms with E-state index in [-0.39, 0.29) is 17.9 Å². The third-order valence-corrected chi connectivity index (χ3v) is 6.27. The maximum atomic E-state index is 12.9. The summed E-state index contributed by atoms with van der Waals surface area (Å²) in [4.78, 5) is 38.9. The van der Waals surface area contributed by atoms with E-state index in [1.807, 2.05) is 36.1 Å². The molecule has 1 saturated heterocycles. The fourth-order valence-electron chi connectivity index (χ4n) is 4.59. The number of para-hydroxylation sites is 1. The first-order chi connectivity index (χ1) is 15.5. The summed E-state index contributed by atoms with van der Waals surface area (Å²) in [5.74, 6) is 2.10. The fraction of sp³-hybridized carbons (Fsp3) is 0.500. The van der Waals surface area contributed by atoms with E-state index in [0.717, 1.165) is 35.4 Å². The normalized spacial score (nSPS) is 18.1. The lowest BCUT2D eigenvalue weighted by molar-refractivity contribution is -0.133. The number of methoxy groups -OCH3 is 2. The lowest BCUT2D eigenvalue weighted by atomic mass is 10.0. The van der Waals surface area contributed by atoms with Crippen LogP contribution in [0.4, 0.5) is 5.82 Å². The number of aromatic nitrogens is 2. The second-order valence-electron chi connectivity index (χ2n) is 8.25. The lowest BCUT2D eigenvalue weighted by Crippen LogP contribution is -2.37. The largest absolute Gasteiger partial charge is 0.496 e. The van der Waals surface area contributed by atoms with Crippen LogP contribution in [0.25, 0.3) is 0 Å². The number of hydrogen-bond donors (Lipinski definition) is 0. The smallest absolute Gasteiger partial charge is 0.228 e. The van der Waals surface area contributed by atoms with E-state index in [4.69, 9.17) is 19.4 Å². The average Bonchev–Trinajstić information content (AvgIpc) is 3.29. The van der Waals surface area contributed by atoms with E-state index in [9.17, 15) is 9.59 Å². The number of ether oxygens (including phenoxy) is 2. The van der Waals surface area contributed by atoms with Crippen molar-refractivity contribution in [2.45, 2.75) is 51.6 Å². The molecule has 1 fully saturated rings. The molecule has 4 rings (SSSR count). The van der Waals surface area contributed by atoms with E-state index >= 15 is 0 Å². The van der Waals surface area contributed by atoms with Gasteiger partial charge in [0.2, 0.25) is 11.8 Å². The van der Waals surface area contributed by atoms with Gasteiger partial charge < -0.3 is 14.4 Å². The van der Waals surface area contributed by atoms with Crippen molar-refractivity contribution in [3.63, 3.8) is 0 Å². The molecule has 1 aromatic carbocycles. The van der Waals surface area contributed by atoms with E-state index in [1.54, 1.807) is 19.1 Å². The molecule has 0 N–H and O–H groups in total. The van der Waals surface area contributed by atoms with E-state index < -0.39 is 0 Å². The van der Waals surface area contributed by atoms with Gasteiger partial charge in [-0.25, -0.2) is 9.97 Å². The predicted molar refractivity (Wildman–Crippen MR) is 119 cm³/mol. The fourth-order valence-corrected chi connectivity index (χ4v) is 4.59. The number of benzene rings is 1. The molecule has 3 heterocycles. The summed E-state index contributed by atoms with van der Waals surface area (Å²) >= 11 is 0. The number of amides is 2. The van der Waals surface area contributed by atoms with Gasteiger partial charge in [0.15, 0.2) is 5.82 Å². The third kappa shape index (κ3) is 4.32. The zero-order valence-electron chi connectivity index (χ0n) is 19.0. The van der Waals surface area contributed by atoms with Gasteiger partial charge >= 0.3 is 0 Å². The Morgan fingerprint density at radius 1 is 1.19 bits per heavy atom. The van der Waals surface area contributed by atoms with Gasteiger partial charge in [0.25, 0.3) is 0 Å². The Hall–Kier alpha value is -3.00. The van der Waals surface area contributed by atoms with Crippen LogP contribution in [0.3, 0.4) is 0 Å². The highest BCUT2D eigenvalue weighted by atomic mass is 16.5. The molecule has 2 aromatic rings. The Kier molecular flexibility index (Phi) is 6.69. The molecule has 0 aliphatic carbocycles. The Morgan fingerprint density at radius 3 is 2.78 bits per heavy atom. The van der Waals surface area contributed by atoms with E-state index in [2.05, 4.69) is 0 Å². The molecular formula is C24H30N4O4. The quantitative estimate of drug-likeness (QED) is 0.661. The highest BCUT2D eigenvalue weighted by molar-refractivity contribution is 5.95. The molecular weight excluding hydrogens is 408 g/mol. The van der Waals surface area contributed by atoms with Crippen molar-refractivity contribution < 1.29 is 19.1 Å². The number of hydrogen-bond acceptors (Lipinski definition) is 6. The first-order valence-corrected chi connectivity index (χ1v) is 11.1. The van der Waals surface area contributed by atoms with Crippen LogP contribution in [-0.2, 0) is 27.3 Å². The molecule has 8 nitrogen and oxygen atoms in total. The highest BCUT2D eigenvalue weighted by Crippen LogP contribution is 2.36. The van der Waals surface area contributed by atoms with Crippen molar-refractivity contribution >= 4 is 17.6 Å². The zero-order chi connectivity index (χ0) is 22.7. The molecule has 0 spiro atoms. The topological polar surface area (TPSA) is 84.9 Å². The molecule has 2 amide bonds. The van der Waals surface area contributed by atoms with Gasteiger partial charge in [0.05, 0.1) is 32.7 Å². The molecule has 32 heavy (non-hydrogen) atoms. The Labute approximate surface area is 188 Å². The van der Waals surface area contributed by atoms with Crippen LogP contribution in [0.15, 0.2) is 24.3 Å². The van der Waals surface area contributed by atoms with Gasteiger partial charge in [-0.15, -0.1) is 0 Å². The minimum Gasteiger partial charge on any atom is -0.496 e. The maximum absolute atomic E-state index is 12.9. The van der Waals surface area contributed by atoms with Gasteiger partial charge in [0.1, 0.15) is 11.6 Å². The number of carbonyl (C=O) groups excluding carboxylic acids is 2. The number of aryl methyl sites for hydroxylation is 1. The summed E-state index contributed by atoms with van der Waals surface area (Å²) in [5, 5.41) is 0. The van der Waals surface area contributed by atoms with Crippen LogP contribution in [0.1, 0.15) is 54.4 Å². The molecule has 1 unspecified atom stereocenters. The molecule has 1 atom stereocenters. The summed E-state index contributed by atoms with van der Waals surface area (Å²) in [6.07, 6.45) is 3.13. The van der Waals surface area contributed by atoms with Crippen molar-refractivity contribution in [3.05, 3.63) is 46.9 Å². The maximum Gasteiger partial charge on any atom is 0.228 e. The van der Waals surface area contributed by atoms with Crippen molar-refractivity contribution in [1.82, 2.24) is 14.9 Å². The summed E-state index contributed by atoms with van der Waals surface area (Å²) < 4.78 is 10.6. The van der Waals surface area contributed by atoms with Crippen molar-refractivity contribution in [3.8, 4) is 5.75 Å².